The Morgan fingerprint density at radius 1 is 1.17 bits per heavy atom. The predicted octanol–water partition coefficient (Wildman–Crippen LogP) is 4.94. The van der Waals surface area contributed by atoms with E-state index in [1.165, 1.54) is 11.8 Å². The van der Waals surface area contributed by atoms with Gasteiger partial charge in [0, 0.05) is 18.0 Å². The van der Waals surface area contributed by atoms with Gasteiger partial charge in [0.2, 0.25) is 5.91 Å². The van der Waals surface area contributed by atoms with Gasteiger partial charge >= 0.3 is 0 Å². The van der Waals surface area contributed by atoms with Crippen LogP contribution < -0.4 is 10.1 Å². The van der Waals surface area contributed by atoms with E-state index < -0.39 is 0 Å². The minimum absolute atomic E-state index is 0.184. The number of hydrogen-bond acceptors (Lipinski definition) is 5. The minimum Gasteiger partial charge on any atom is -0.497 e. The molecule has 0 fully saturated rings. The third-order valence-corrected chi connectivity index (χ3v) is 5.70. The van der Waals surface area contributed by atoms with Crippen LogP contribution in [0.2, 0.25) is 10.0 Å². The van der Waals surface area contributed by atoms with Crippen LogP contribution in [0.5, 0.6) is 5.75 Å². The lowest BCUT2D eigenvalue weighted by molar-refractivity contribution is -0.113. The predicted molar refractivity (Wildman–Crippen MR) is 117 cm³/mol. The van der Waals surface area contributed by atoms with Crippen molar-refractivity contribution in [1.82, 2.24) is 14.8 Å². The second-order valence-corrected chi connectivity index (χ2v) is 7.92. The monoisotopic (exact) mass is 450 g/mol. The summed E-state index contributed by atoms with van der Waals surface area (Å²) in [5.41, 5.74) is 1.60. The Morgan fingerprint density at radius 3 is 2.62 bits per heavy atom. The van der Waals surface area contributed by atoms with Gasteiger partial charge in [0.1, 0.15) is 11.6 Å². The van der Waals surface area contributed by atoms with Gasteiger partial charge in [-0.1, -0.05) is 47.1 Å². The number of aromatic nitrogens is 3. The lowest BCUT2D eigenvalue weighted by Crippen LogP contribution is -2.15. The molecular weight excluding hydrogens is 431 g/mol. The first-order valence-electron chi connectivity index (χ1n) is 8.93. The maximum absolute atomic E-state index is 12.3. The smallest absolute Gasteiger partial charge is 0.234 e. The van der Waals surface area contributed by atoms with Crippen LogP contribution in [0, 0.1) is 0 Å². The van der Waals surface area contributed by atoms with Crippen molar-refractivity contribution in [3.8, 4) is 5.75 Å². The quantitative estimate of drug-likeness (QED) is 0.492. The molecule has 0 spiro atoms. The number of carbonyl (C=O) groups excluding carboxylic acids is 1. The summed E-state index contributed by atoms with van der Waals surface area (Å²) in [6.07, 6.45) is 0.649. The standard InChI is InChI=1S/C20H20Cl2N4O2S/c1-3-26-18(10-13-4-7-15(28-2)8-5-13)24-25-20(26)29-12-19(27)23-17-11-14(21)6-9-16(17)22/h4-9,11H,3,10,12H2,1-2H3,(H,23,27). The van der Waals surface area contributed by atoms with Crippen LogP contribution in [0.25, 0.3) is 0 Å². The fraction of sp³-hybridized carbons (Fsp3) is 0.250. The maximum Gasteiger partial charge on any atom is 0.234 e. The highest BCUT2D eigenvalue weighted by Crippen LogP contribution is 2.26. The number of thioether (sulfide) groups is 1. The first-order chi connectivity index (χ1) is 14.0. The highest BCUT2D eigenvalue weighted by atomic mass is 35.5. The molecule has 0 saturated heterocycles. The van der Waals surface area contributed by atoms with Crippen molar-refractivity contribution in [2.45, 2.75) is 25.0 Å². The Labute approximate surface area is 183 Å². The maximum atomic E-state index is 12.3. The van der Waals surface area contributed by atoms with Crippen molar-refractivity contribution in [3.63, 3.8) is 0 Å². The SMILES string of the molecule is CCn1c(Cc2ccc(OC)cc2)nnc1SCC(=O)Nc1cc(Cl)ccc1Cl. The van der Waals surface area contributed by atoms with Crippen molar-refractivity contribution >= 4 is 46.6 Å². The summed E-state index contributed by atoms with van der Waals surface area (Å²) < 4.78 is 7.20. The molecule has 2 aromatic carbocycles. The van der Waals surface area contributed by atoms with Gasteiger partial charge in [0.25, 0.3) is 0 Å². The van der Waals surface area contributed by atoms with Gasteiger partial charge in [0.15, 0.2) is 5.16 Å². The van der Waals surface area contributed by atoms with Crippen LogP contribution in [0.3, 0.4) is 0 Å². The van der Waals surface area contributed by atoms with Gasteiger partial charge in [-0.05, 0) is 42.8 Å². The van der Waals surface area contributed by atoms with Crippen LogP contribution >= 0.6 is 35.0 Å². The van der Waals surface area contributed by atoms with Crippen LogP contribution in [0.1, 0.15) is 18.3 Å². The number of anilines is 1. The number of amides is 1. The molecule has 1 amide bonds. The molecular formula is C20H20Cl2N4O2S. The summed E-state index contributed by atoms with van der Waals surface area (Å²) in [5.74, 6) is 1.65. The van der Waals surface area contributed by atoms with Crippen LogP contribution in [-0.2, 0) is 17.8 Å². The van der Waals surface area contributed by atoms with E-state index in [-0.39, 0.29) is 11.7 Å². The van der Waals surface area contributed by atoms with Crippen molar-refractivity contribution in [2.24, 2.45) is 0 Å². The van der Waals surface area contributed by atoms with E-state index in [9.17, 15) is 4.79 Å². The number of methoxy groups -OCH3 is 1. The summed E-state index contributed by atoms with van der Waals surface area (Å²) in [7, 11) is 1.64. The number of ether oxygens (including phenoxy) is 1. The van der Waals surface area contributed by atoms with Crippen LogP contribution in [0.15, 0.2) is 47.6 Å². The Balaban J connectivity index is 1.63. The summed E-state index contributed by atoms with van der Waals surface area (Å²) >= 11 is 13.4. The molecule has 3 rings (SSSR count). The zero-order valence-corrected chi connectivity index (χ0v) is 18.3. The Morgan fingerprint density at radius 2 is 1.93 bits per heavy atom. The molecule has 1 aromatic heterocycles. The third-order valence-electron chi connectivity index (χ3n) is 4.17. The molecule has 0 aliphatic rings. The number of benzene rings is 2. The van der Waals surface area contributed by atoms with Crippen molar-refractivity contribution in [1.29, 1.82) is 0 Å². The zero-order chi connectivity index (χ0) is 20.8. The van der Waals surface area contributed by atoms with E-state index in [4.69, 9.17) is 27.9 Å². The molecule has 0 saturated carbocycles. The summed E-state index contributed by atoms with van der Waals surface area (Å²) in [5, 5.41) is 13.0. The molecule has 0 atom stereocenters. The molecule has 0 bridgehead atoms. The molecule has 0 aliphatic carbocycles. The van der Waals surface area contributed by atoms with E-state index in [0.717, 1.165) is 17.1 Å². The first-order valence-corrected chi connectivity index (χ1v) is 10.7. The molecule has 9 heteroatoms. The van der Waals surface area contributed by atoms with Gasteiger partial charge in [0.05, 0.1) is 23.6 Å². The van der Waals surface area contributed by atoms with Crippen LogP contribution in [-0.4, -0.2) is 33.5 Å². The molecule has 3 aromatic rings. The fourth-order valence-electron chi connectivity index (χ4n) is 2.71. The molecule has 0 radical (unpaired) electrons. The van der Waals surface area contributed by atoms with Gasteiger partial charge < -0.3 is 14.6 Å². The second-order valence-electron chi connectivity index (χ2n) is 6.13. The Kier molecular flexibility index (Phi) is 7.41. The van der Waals surface area contributed by atoms with Crippen molar-refractivity contribution in [2.75, 3.05) is 18.2 Å². The third kappa shape index (κ3) is 5.65. The van der Waals surface area contributed by atoms with Crippen molar-refractivity contribution < 1.29 is 9.53 Å². The number of rotatable bonds is 8. The molecule has 29 heavy (non-hydrogen) atoms. The van der Waals surface area contributed by atoms with E-state index in [2.05, 4.69) is 15.5 Å². The first kappa shape index (κ1) is 21.5. The average Bonchev–Trinajstić information content (AvgIpc) is 3.11. The van der Waals surface area contributed by atoms with Gasteiger partial charge in [-0.15, -0.1) is 10.2 Å². The summed E-state index contributed by atoms with van der Waals surface area (Å²) in [6, 6.07) is 12.8. The topological polar surface area (TPSA) is 69.0 Å². The summed E-state index contributed by atoms with van der Waals surface area (Å²) in [6.45, 7) is 2.74. The highest BCUT2D eigenvalue weighted by molar-refractivity contribution is 7.99. The lowest BCUT2D eigenvalue weighted by atomic mass is 10.1. The molecule has 0 unspecified atom stereocenters. The fourth-order valence-corrected chi connectivity index (χ4v) is 3.87. The van der Waals surface area contributed by atoms with E-state index >= 15 is 0 Å². The number of halogens is 2. The Hall–Kier alpha value is -2.22. The van der Waals surface area contributed by atoms with Gasteiger partial charge in [-0.2, -0.15) is 0 Å². The molecule has 0 aliphatic heterocycles. The Bertz CT molecular complexity index is 993. The van der Waals surface area contributed by atoms with Crippen molar-refractivity contribution in [3.05, 3.63) is 63.9 Å². The molecule has 152 valence electrons. The van der Waals surface area contributed by atoms with E-state index in [1.807, 2.05) is 35.8 Å². The number of nitrogens with zero attached hydrogens (tertiary/aromatic N) is 3. The zero-order valence-electron chi connectivity index (χ0n) is 16.0. The molecule has 6 nitrogen and oxygen atoms in total. The van der Waals surface area contributed by atoms with E-state index in [1.54, 1.807) is 25.3 Å². The lowest BCUT2D eigenvalue weighted by Gasteiger charge is -2.09. The molecule has 1 N–H and O–H groups in total. The summed E-state index contributed by atoms with van der Waals surface area (Å²) in [4.78, 5) is 12.3. The van der Waals surface area contributed by atoms with Gasteiger partial charge in [-0.3, -0.25) is 4.79 Å². The largest absolute Gasteiger partial charge is 0.497 e. The second kappa shape index (κ2) is 10.0. The highest BCUT2D eigenvalue weighted by Gasteiger charge is 2.14. The average molecular weight is 451 g/mol. The normalized spacial score (nSPS) is 10.8. The number of carbonyl (C=O) groups is 1. The molecule has 1 heterocycles. The number of nitrogens with one attached hydrogen (secondary N) is 1. The van der Waals surface area contributed by atoms with Crippen LogP contribution in [0.4, 0.5) is 5.69 Å². The van der Waals surface area contributed by atoms with Gasteiger partial charge in [-0.25, -0.2) is 0 Å². The minimum atomic E-state index is -0.193. The number of hydrogen-bond donors (Lipinski definition) is 1. The van der Waals surface area contributed by atoms with E-state index in [0.29, 0.717) is 33.9 Å².